The Bertz CT molecular complexity index is 838. The third kappa shape index (κ3) is 3.93. The molecule has 25 heavy (non-hydrogen) atoms. The number of hydrogen-bond acceptors (Lipinski definition) is 4. The van der Waals surface area contributed by atoms with Crippen molar-refractivity contribution in [3.63, 3.8) is 0 Å². The van der Waals surface area contributed by atoms with Crippen LogP contribution < -0.4 is 5.32 Å². The van der Waals surface area contributed by atoms with Crippen molar-refractivity contribution < 1.29 is 17.6 Å². The second-order valence-corrected chi connectivity index (χ2v) is 8.19. The average Bonchev–Trinajstić information content (AvgIpc) is 3.14. The molecule has 1 aliphatic heterocycles. The molecule has 1 amide bonds. The number of aryl methyl sites for hydroxylation is 1. The zero-order valence-electron chi connectivity index (χ0n) is 14.2. The van der Waals surface area contributed by atoms with Gasteiger partial charge in [-0.1, -0.05) is 12.5 Å². The lowest BCUT2D eigenvalue weighted by molar-refractivity contribution is 0.0950. The largest absolute Gasteiger partial charge is 0.472 e. The van der Waals surface area contributed by atoms with Gasteiger partial charge in [0.05, 0.1) is 17.4 Å². The minimum absolute atomic E-state index is 0.175. The molecule has 6 nitrogen and oxygen atoms in total. The second kappa shape index (κ2) is 7.41. The van der Waals surface area contributed by atoms with Gasteiger partial charge in [-0.3, -0.25) is 4.79 Å². The molecule has 1 saturated heterocycles. The van der Waals surface area contributed by atoms with Crippen LogP contribution in [0, 0.1) is 6.92 Å². The highest BCUT2D eigenvalue weighted by Gasteiger charge is 2.27. The molecule has 0 saturated carbocycles. The normalized spacial score (nSPS) is 15.9. The van der Waals surface area contributed by atoms with Gasteiger partial charge in [-0.2, -0.15) is 4.31 Å². The fraction of sp³-hybridized carbons (Fsp3) is 0.389. The van der Waals surface area contributed by atoms with Crippen LogP contribution in [0.3, 0.4) is 0 Å². The van der Waals surface area contributed by atoms with E-state index in [2.05, 4.69) is 5.32 Å². The molecule has 7 heteroatoms. The van der Waals surface area contributed by atoms with Crippen molar-refractivity contribution in [2.24, 2.45) is 0 Å². The van der Waals surface area contributed by atoms with Gasteiger partial charge in [0.25, 0.3) is 5.91 Å². The van der Waals surface area contributed by atoms with Crippen LogP contribution in [0.5, 0.6) is 0 Å². The Morgan fingerprint density at radius 3 is 2.64 bits per heavy atom. The Hall–Kier alpha value is -2.12. The van der Waals surface area contributed by atoms with Gasteiger partial charge in [0.2, 0.25) is 10.0 Å². The van der Waals surface area contributed by atoms with Crippen molar-refractivity contribution in [2.45, 2.75) is 37.6 Å². The van der Waals surface area contributed by atoms with Crippen molar-refractivity contribution in [3.05, 3.63) is 53.5 Å². The predicted molar refractivity (Wildman–Crippen MR) is 93.7 cm³/mol. The Labute approximate surface area is 147 Å². The second-order valence-electron chi connectivity index (χ2n) is 6.26. The van der Waals surface area contributed by atoms with E-state index in [-0.39, 0.29) is 10.8 Å². The zero-order chi connectivity index (χ0) is 17.9. The summed E-state index contributed by atoms with van der Waals surface area (Å²) < 4.78 is 32.1. The van der Waals surface area contributed by atoms with Gasteiger partial charge in [-0.05, 0) is 43.5 Å². The Morgan fingerprint density at radius 2 is 1.96 bits per heavy atom. The van der Waals surface area contributed by atoms with Crippen LogP contribution >= 0.6 is 0 Å². The summed E-state index contributed by atoms with van der Waals surface area (Å²) in [5.41, 5.74) is 1.96. The first-order chi connectivity index (χ1) is 12.0. The van der Waals surface area contributed by atoms with Gasteiger partial charge in [-0.15, -0.1) is 0 Å². The Balaban J connectivity index is 1.81. The lowest BCUT2D eigenvalue weighted by Crippen LogP contribution is -2.35. The Kier molecular flexibility index (Phi) is 5.24. The van der Waals surface area contributed by atoms with Crippen molar-refractivity contribution in [3.8, 4) is 0 Å². The third-order valence-corrected chi connectivity index (χ3v) is 6.33. The van der Waals surface area contributed by atoms with Gasteiger partial charge < -0.3 is 9.73 Å². The standard InChI is InChI=1S/C18H22N2O4S/c1-14-5-6-16(25(22,23)20-8-3-2-4-9-20)11-17(14)18(21)19-12-15-7-10-24-13-15/h5-7,10-11,13H,2-4,8-9,12H2,1H3,(H,19,21). The molecule has 1 aromatic carbocycles. The van der Waals surface area contributed by atoms with Gasteiger partial charge in [0.15, 0.2) is 0 Å². The summed E-state index contributed by atoms with van der Waals surface area (Å²) in [4.78, 5) is 12.6. The maximum Gasteiger partial charge on any atom is 0.251 e. The van der Waals surface area contributed by atoms with E-state index < -0.39 is 10.0 Å². The van der Waals surface area contributed by atoms with E-state index in [1.54, 1.807) is 37.6 Å². The first-order valence-corrected chi connectivity index (χ1v) is 9.82. The molecule has 0 radical (unpaired) electrons. The number of carbonyl (C=O) groups is 1. The number of benzene rings is 1. The Morgan fingerprint density at radius 1 is 1.20 bits per heavy atom. The van der Waals surface area contributed by atoms with E-state index in [0.717, 1.165) is 30.4 Å². The van der Waals surface area contributed by atoms with Crippen LogP contribution in [0.1, 0.15) is 40.7 Å². The van der Waals surface area contributed by atoms with E-state index in [0.29, 0.717) is 25.2 Å². The van der Waals surface area contributed by atoms with E-state index in [1.165, 1.54) is 10.4 Å². The lowest BCUT2D eigenvalue weighted by Gasteiger charge is -2.26. The van der Waals surface area contributed by atoms with E-state index in [9.17, 15) is 13.2 Å². The summed E-state index contributed by atoms with van der Waals surface area (Å²) in [5.74, 6) is -0.297. The van der Waals surface area contributed by atoms with Crippen LogP contribution in [0.15, 0.2) is 46.1 Å². The molecule has 0 bridgehead atoms. The number of hydrogen-bond donors (Lipinski definition) is 1. The highest BCUT2D eigenvalue weighted by Crippen LogP contribution is 2.23. The lowest BCUT2D eigenvalue weighted by atomic mass is 10.1. The molecular weight excluding hydrogens is 340 g/mol. The maximum absolute atomic E-state index is 12.8. The molecule has 0 unspecified atom stereocenters. The smallest absolute Gasteiger partial charge is 0.251 e. The minimum Gasteiger partial charge on any atom is -0.472 e. The molecule has 1 fully saturated rings. The maximum atomic E-state index is 12.8. The molecule has 2 aromatic rings. The highest BCUT2D eigenvalue weighted by molar-refractivity contribution is 7.89. The summed E-state index contributed by atoms with van der Waals surface area (Å²) in [7, 11) is -3.55. The SMILES string of the molecule is Cc1ccc(S(=O)(=O)N2CCCCC2)cc1C(=O)NCc1ccoc1. The number of carbonyl (C=O) groups excluding carboxylic acids is 1. The van der Waals surface area contributed by atoms with Crippen LogP contribution in [0.2, 0.25) is 0 Å². The molecule has 134 valence electrons. The molecular formula is C18H22N2O4S. The van der Waals surface area contributed by atoms with Gasteiger partial charge >= 0.3 is 0 Å². The molecule has 3 rings (SSSR count). The topological polar surface area (TPSA) is 79.6 Å². The predicted octanol–water partition coefficient (Wildman–Crippen LogP) is 2.69. The molecule has 0 spiro atoms. The molecule has 1 aliphatic rings. The summed E-state index contributed by atoms with van der Waals surface area (Å²) in [6.45, 7) is 3.21. The van der Waals surface area contributed by atoms with Crippen molar-refractivity contribution in [2.75, 3.05) is 13.1 Å². The van der Waals surface area contributed by atoms with E-state index in [1.807, 2.05) is 0 Å². The van der Waals surface area contributed by atoms with Crippen LogP contribution in [-0.2, 0) is 16.6 Å². The van der Waals surface area contributed by atoms with Crippen LogP contribution in [0.4, 0.5) is 0 Å². The summed E-state index contributed by atoms with van der Waals surface area (Å²) in [5, 5.41) is 2.79. The number of sulfonamides is 1. The molecule has 2 heterocycles. The third-order valence-electron chi connectivity index (χ3n) is 4.44. The van der Waals surface area contributed by atoms with Crippen LogP contribution in [0.25, 0.3) is 0 Å². The zero-order valence-corrected chi connectivity index (χ0v) is 15.0. The first kappa shape index (κ1) is 17.7. The molecule has 0 atom stereocenters. The van der Waals surface area contributed by atoms with Crippen LogP contribution in [-0.4, -0.2) is 31.7 Å². The van der Waals surface area contributed by atoms with Gasteiger partial charge in [0.1, 0.15) is 0 Å². The quantitative estimate of drug-likeness (QED) is 0.887. The first-order valence-electron chi connectivity index (χ1n) is 8.38. The number of rotatable bonds is 5. The van der Waals surface area contributed by atoms with Gasteiger partial charge in [-0.25, -0.2) is 8.42 Å². The van der Waals surface area contributed by atoms with Gasteiger partial charge in [0, 0.05) is 30.8 Å². The summed E-state index contributed by atoms with van der Waals surface area (Å²) >= 11 is 0. The molecule has 0 aliphatic carbocycles. The number of piperidine rings is 1. The minimum atomic E-state index is -3.55. The average molecular weight is 362 g/mol. The van der Waals surface area contributed by atoms with E-state index >= 15 is 0 Å². The monoisotopic (exact) mass is 362 g/mol. The fourth-order valence-corrected chi connectivity index (χ4v) is 4.48. The number of nitrogens with zero attached hydrogens (tertiary/aromatic N) is 1. The van der Waals surface area contributed by atoms with Crippen molar-refractivity contribution in [1.29, 1.82) is 0 Å². The van der Waals surface area contributed by atoms with Crippen molar-refractivity contribution >= 4 is 15.9 Å². The summed E-state index contributed by atoms with van der Waals surface area (Å²) in [6.07, 6.45) is 5.91. The molecule has 1 aromatic heterocycles. The highest BCUT2D eigenvalue weighted by atomic mass is 32.2. The number of furan rings is 1. The van der Waals surface area contributed by atoms with Crippen molar-refractivity contribution in [1.82, 2.24) is 9.62 Å². The fourth-order valence-electron chi connectivity index (χ4n) is 2.93. The summed E-state index contributed by atoms with van der Waals surface area (Å²) in [6, 6.07) is 6.50. The number of nitrogens with one attached hydrogen (secondary N) is 1. The number of amides is 1. The van der Waals surface area contributed by atoms with E-state index in [4.69, 9.17) is 4.42 Å². The molecule has 1 N–H and O–H groups in total.